The number of anilines is 1. The highest BCUT2D eigenvalue weighted by Crippen LogP contribution is 2.33. The molecular formula is C36H35F4N5O7. The van der Waals surface area contributed by atoms with E-state index in [0.29, 0.717) is 23.3 Å². The molecule has 1 aromatic heterocycles. The van der Waals surface area contributed by atoms with E-state index in [2.05, 4.69) is 15.6 Å². The lowest BCUT2D eigenvalue weighted by atomic mass is 10.0. The summed E-state index contributed by atoms with van der Waals surface area (Å²) in [4.78, 5) is 68.8. The molecule has 12 nitrogen and oxygen atoms in total. The number of hydrogen-bond donors (Lipinski definition) is 4. The topological polar surface area (TPSA) is 161 Å². The summed E-state index contributed by atoms with van der Waals surface area (Å²) in [6.07, 6.45) is -6.25. The number of aliphatic carboxylic acids is 1. The lowest BCUT2D eigenvalue weighted by Gasteiger charge is -2.30. The summed E-state index contributed by atoms with van der Waals surface area (Å²) >= 11 is 0. The zero-order chi connectivity index (χ0) is 38.2. The van der Waals surface area contributed by atoms with Crippen LogP contribution in [-0.4, -0.2) is 83.5 Å². The minimum Gasteiger partial charge on any atom is -0.493 e. The highest BCUT2D eigenvalue weighted by atomic mass is 19.4. The van der Waals surface area contributed by atoms with Gasteiger partial charge in [-0.05, 0) is 68.5 Å². The number of carbonyl (C=O) groups is 4. The van der Waals surface area contributed by atoms with Crippen molar-refractivity contribution in [2.75, 3.05) is 39.1 Å². The van der Waals surface area contributed by atoms with E-state index in [1.165, 1.54) is 36.5 Å². The molecule has 0 spiro atoms. The Kier molecular flexibility index (Phi) is 12.5. The highest BCUT2D eigenvalue weighted by molar-refractivity contribution is 6.01. The number of amides is 3. The van der Waals surface area contributed by atoms with Gasteiger partial charge in [0.05, 0.1) is 18.6 Å². The third-order valence-corrected chi connectivity index (χ3v) is 7.59. The van der Waals surface area contributed by atoms with Crippen LogP contribution >= 0.6 is 0 Å². The number of H-pyrrole nitrogens is 1. The number of hydrogen-bond acceptors (Lipinski definition) is 7. The number of carboxylic acid groups (broad SMARTS) is 1. The van der Waals surface area contributed by atoms with Gasteiger partial charge in [-0.2, -0.15) is 13.2 Å². The number of alkyl halides is 3. The molecule has 0 saturated heterocycles. The second-order valence-corrected chi connectivity index (χ2v) is 11.7. The monoisotopic (exact) mass is 725 g/mol. The number of aromatic nitrogens is 1. The molecule has 4 N–H and O–H groups in total. The SMILES string of the molecule is CCOc1cc(=O)[nH]cc1-c1ccc(CC(=O)Nc2cc(C(=O)NC(C(=O)O)N(CCN(C)C)C(=O)c3ccccc3)cc(C(F)(F)F)c2)c(F)c1. The molecule has 0 aliphatic heterocycles. The zero-order valence-corrected chi connectivity index (χ0v) is 28.2. The smallest absolute Gasteiger partial charge is 0.416 e. The Morgan fingerprint density at radius 1 is 0.942 bits per heavy atom. The maximum Gasteiger partial charge on any atom is 0.416 e. The number of ether oxygens (including phenoxy) is 1. The quantitative estimate of drug-likeness (QED) is 0.108. The number of nitrogens with zero attached hydrogens (tertiary/aromatic N) is 2. The first kappa shape index (κ1) is 38.8. The first-order valence-electron chi connectivity index (χ1n) is 15.8. The van der Waals surface area contributed by atoms with Gasteiger partial charge >= 0.3 is 12.1 Å². The second-order valence-electron chi connectivity index (χ2n) is 11.7. The molecule has 0 aliphatic rings. The van der Waals surface area contributed by atoms with Crippen molar-refractivity contribution in [1.82, 2.24) is 20.1 Å². The van der Waals surface area contributed by atoms with Crippen molar-refractivity contribution in [3.63, 3.8) is 0 Å². The van der Waals surface area contributed by atoms with Crippen LogP contribution in [0.25, 0.3) is 11.1 Å². The van der Waals surface area contributed by atoms with Gasteiger partial charge < -0.3 is 35.3 Å². The molecule has 4 rings (SSSR count). The van der Waals surface area contributed by atoms with Crippen LogP contribution in [0.1, 0.15) is 38.8 Å². The number of halogens is 4. The molecule has 1 heterocycles. The first-order chi connectivity index (χ1) is 24.6. The minimum absolute atomic E-state index is 0.112. The zero-order valence-electron chi connectivity index (χ0n) is 28.2. The van der Waals surface area contributed by atoms with Crippen molar-refractivity contribution in [1.29, 1.82) is 0 Å². The van der Waals surface area contributed by atoms with Gasteiger partial charge in [-0.15, -0.1) is 0 Å². The number of likely N-dealkylation sites (N-methyl/N-ethyl adjacent to an activating group) is 1. The lowest BCUT2D eigenvalue weighted by molar-refractivity contribution is -0.143. The van der Waals surface area contributed by atoms with E-state index in [9.17, 15) is 42.3 Å². The summed E-state index contributed by atoms with van der Waals surface area (Å²) in [7, 11) is 3.35. The van der Waals surface area contributed by atoms with Crippen molar-refractivity contribution in [3.05, 3.63) is 117 Å². The van der Waals surface area contributed by atoms with Crippen LogP contribution < -0.4 is 20.9 Å². The van der Waals surface area contributed by atoms with E-state index in [4.69, 9.17) is 4.74 Å². The van der Waals surface area contributed by atoms with Crippen molar-refractivity contribution < 1.29 is 46.6 Å². The lowest BCUT2D eigenvalue weighted by Crippen LogP contribution is -2.56. The Balaban J connectivity index is 1.58. The van der Waals surface area contributed by atoms with Crippen molar-refractivity contribution in [2.45, 2.75) is 25.7 Å². The predicted molar refractivity (Wildman–Crippen MR) is 182 cm³/mol. The van der Waals surface area contributed by atoms with Gasteiger partial charge in [-0.25, -0.2) is 9.18 Å². The molecule has 0 radical (unpaired) electrons. The Morgan fingerprint density at radius 3 is 2.27 bits per heavy atom. The maximum atomic E-state index is 15.2. The van der Waals surface area contributed by atoms with Crippen LogP contribution in [-0.2, 0) is 22.2 Å². The molecular weight excluding hydrogens is 690 g/mol. The van der Waals surface area contributed by atoms with Crippen LogP contribution in [0.4, 0.5) is 23.2 Å². The molecule has 4 aromatic rings. The largest absolute Gasteiger partial charge is 0.493 e. The van der Waals surface area contributed by atoms with Crippen molar-refractivity contribution >= 4 is 29.4 Å². The summed E-state index contributed by atoms with van der Waals surface area (Å²) in [6, 6.07) is 14.6. The summed E-state index contributed by atoms with van der Waals surface area (Å²) in [5.41, 5.74) is -2.22. The van der Waals surface area contributed by atoms with Gasteiger partial charge in [0.15, 0.2) is 0 Å². The van der Waals surface area contributed by atoms with Crippen LogP contribution in [0, 0.1) is 5.82 Å². The maximum absolute atomic E-state index is 15.2. The van der Waals surface area contributed by atoms with Crippen LogP contribution in [0.3, 0.4) is 0 Å². The average Bonchev–Trinajstić information content (AvgIpc) is 3.08. The standard InChI is InChI=1S/C36H35F4N5O7/c1-4-52-29-19-30(46)41-20-27(29)22-10-11-23(28(37)16-22)17-31(47)42-26-15-24(14-25(18-26)36(38,39)40)33(48)43-32(35(50)51)45(13-12-44(2)3)34(49)21-8-6-5-7-9-21/h5-11,14-16,18-20,32H,4,12-13,17H2,1-3H3,(H,41,46)(H,42,47)(H,43,48)(H,50,51). The molecule has 1 atom stereocenters. The first-order valence-corrected chi connectivity index (χ1v) is 15.8. The minimum atomic E-state index is -4.99. The number of aromatic amines is 1. The molecule has 0 fully saturated rings. The van der Waals surface area contributed by atoms with E-state index >= 15 is 4.39 Å². The predicted octanol–water partition coefficient (Wildman–Crippen LogP) is 4.62. The average molecular weight is 726 g/mol. The van der Waals surface area contributed by atoms with Gasteiger partial charge in [-0.3, -0.25) is 19.2 Å². The molecule has 16 heteroatoms. The molecule has 3 aromatic carbocycles. The molecule has 0 saturated carbocycles. The highest BCUT2D eigenvalue weighted by Gasteiger charge is 2.35. The summed E-state index contributed by atoms with van der Waals surface area (Å²) < 4.78 is 62.4. The molecule has 52 heavy (non-hydrogen) atoms. The number of benzene rings is 3. The number of carboxylic acids is 1. The summed E-state index contributed by atoms with van der Waals surface area (Å²) in [5, 5.41) is 14.4. The Labute approximate surface area is 295 Å². The number of carbonyl (C=O) groups excluding carboxylic acids is 3. The number of rotatable bonds is 14. The molecule has 274 valence electrons. The van der Waals surface area contributed by atoms with Crippen LogP contribution in [0.2, 0.25) is 0 Å². The third-order valence-electron chi connectivity index (χ3n) is 7.59. The second kappa shape index (κ2) is 16.8. The molecule has 1 unspecified atom stereocenters. The molecule has 0 aliphatic carbocycles. The Hall–Kier alpha value is -6.03. The van der Waals surface area contributed by atoms with Crippen molar-refractivity contribution in [2.24, 2.45) is 0 Å². The van der Waals surface area contributed by atoms with E-state index in [0.717, 1.165) is 17.0 Å². The summed E-state index contributed by atoms with van der Waals surface area (Å²) in [5.74, 6) is -5.23. The normalized spacial score (nSPS) is 11.8. The number of pyridine rings is 1. The van der Waals surface area contributed by atoms with E-state index in [-0.39, 0.29) is 36.6 Å². The summed E-state index contributed by atoms with van der Waals surface area (Å²) in [6.45, 7) is 1.95. The third kappa shape index (κ3) is 10.0. The fourth-order valence-electron chi connectivity index (χ4n) is 5.07. The fraction of sp³-hybridized carbons (Fsp3) is 0.250. The van der Waals surface area contributed by atoms with Gasteiger partial charge in [0, 0.05) is 47.7 Å². The van der Waals surface area contributed by atoms with Gasteiger partial charge in [0.25, 0.3) is 17.4 Å². The van der Waals surface area contributed by atoms with E-state index in [1.54, 1.807) is 44.1 Å². The van der Waals surface area contributed by atoms with E-state index < -0.39 is 70.6 Å². The van der Waals surface area contributed by atoms with Gasteiger partial charge in [0.1, 0.15) is 11.6 Å². The van der Waals surface area contributed by atoms with Gasteiger partial charge in [0.2, 0.25) is 12.1 Å². The van der Waals surface area contributed by atoms with Crippen LogP contribution in [0.15, 0.2) is 83.8 Å². The molecule has 0 bridgehead atoms. The van der Waals surface area contributed by atoms with E-state index in [1.807, 2.05) is 0 Å². The Bertz CT molecular complexity index is 2000. The van der Waals surface area contributed by atoms with Crippen molar-refractivity contribution in [3.8, 4) is 16.9 Å². The fourth-order valence-corrected chi connectivity index (χ4v) is 5.07. The molecule has 3 amide bonds. The van der Waals surface area contributed by atoms with Crippen LogP contribution in [0.5, 0.6) is 5.75 Å². The van der Waals surface area contributed by atoms with Gasteiger partial charge in [-0.1, -0.05) is 30.3 Å². The Morgan fingerprint density at radius 2 is 1.65 bits per heavy atom. The number of nitrogens with one attached hydrogen (secondary N) is 3.